The SMILES string of the molecule is CB(O)N1C[C@H](O)C[C@H]1c1ncc(-c2ccc(Br)cc2)[nH]1. The van der Waals surface area contributed by atoms with Gasteiger partial charge in [-0.05, 0) is 30.9 Å². The Bertz CT molecular complexity index is 617. The number of nitrogens with one attached hydrogen (secondary N) is 1. The van der Waals surface area contributed by atoms with Gasteiger partial charge in [0.2, 0.25) is 0 Å². The molecule has 1 fully saturated rings. The minimum atomic E-state index is -0.603. The monoisotopic (exact) mass is 349 g/mol. The van der Waals surface area contributed by atoms with Crippen LogP contribution in [-0.2, 0) is 0 Å². The summed E-state index contributed by atoms with van der Waals surface area (Å²) in [6, 6.07) is 7.91. The average molecular weight is 350 g/mol. The van der Waals surface area contributed by atoms with E-state index in [4.69, 9.17) is 0 Å². The van der Waals surface area contributed by atoms with Crippen LogP contribution in [0, 0.1) is 0 Å². The van der Waals surface area contributed by atoms with E-state index in [2.05, 4.69) is 25.9 Å². The van der Waals surface area contributed by atoms with Gasteiger partial charge < -0.3 is 19.9 Å². The summed E-state index contributed by atoms with van der Waals surface area (Å²) in [6.07, 6.45) is 1.95. The van der Waals surface area contributed by atoms with Crippen molar-refractivity contribution in [3.05, 3.63) is 40.8 Å². The van der Waals surface area contributed by atoms with E-state index in [9.17, 15) is 10.1 Å². The fraction of sp³-hybridized carbons (Fsp3) is 0.357. The van der Waals surface area contributed by atoms with E-state index in [1.165, 1.54) is 0 Å². The van der Waals surface area contributed by atoms with Crippen molar-refractivity contribution in [2.45, 2.75) is 25.4 Å². The van der Waals surface area contributed by atoms with Crippen LogP contribution in [-0.4, -0.2) is 44.6 Å². The van der Waals surface area contributed by atoms with Crippen molar-refractivity contribution in [1.29, 1.82) is 0 Å². The number of H-pyrrole nitrogens is 1. The smallest absolute Gasteiger partial charge is 0.377 e. The highest BCUT2D eigenvalue weighted by Crippen LogP contribution is 2.32. The summed E-state index contributed by atoms with van der Waals surface area (Å²) in [5, 5.41) is 19.7. The summed E-state index contributed by atoms with van der Waals surface area (Å²) in [5.41, 5.74) is 1.99. The van der Waals surface area contributed by atoms with Gasteiger partial charge in [-0.3, -0.25) is 0 Å². The third-order valence-corrected chi connectivity index (χ3v) is 4.39. The molecule has 5 nitrogen and oxygen atoms in total. The number of halogens is 1. The molecule has 7 heteroatoms. The summed E-state index contributed by atoms with van der Waals surface area (Å²) in [4.78, 5) is 9.59. The first-order valence-electron chi connectivity index (χ1n) is 6.97. The van der Waals surface area contributed by atoms with E-state index in [1.54, 1.807) is 13.0 Å². The highest BCUT2D eigenvalue weighted by atomic mass is 79.9. The molecule has 2 aromatic rings. The molecule has 1 saturated heterocycles. The van der Waals surface area contributed by atoms with Gasteiger partial charge in [0, 0.05) is 11.0 Å². The van der Waals surface area contributed by atoms with Crippen molar-refractivity contribution in [1.82, 2.24) is 14.8 Å². The Morgan fingerprint density at radius 1 is 1.38 bits per heavy atom. The molecule has 0 saturated carbocycles. The Balaban J connectivity index is 1.86. The molecule has 0 radical (unpaired) electrons. The molecular formula is C14H17BBrN3O2. The molecule has 0 bridgehead atoms. The van der Waals surface area contributed by atoms with Crippen LogP contribution in [0.25, 0.3) is 11.3 Å². The lowest BCUT2D eigenvalue weighted by atomic mass is 9.84. The second kappa shape index (κ2) is 5.92. The van der Waals surface area contributed by atoms with Crippen molar-refractivity contribution in [3.63, 3.8) is 0 Å². The second-order valence-corrected chi connectivity index (χ2v) is 6.34. The number of aromatic amines is 1. The summed E-state index contributed by atoms with van der Waals surface area (Å²) >= 11 is 3.42. The van der Waals surface area contributed by atoms with Crippen LogP contribution >= 0.6 is 15.9 Å². The Hall–Kier alpha value is -1.15. The molecule has 3 N–H and O–H groups in total. The Kier molecular flexibility index (Phi) is 4.17. The molecule has 0 spiro atoms. The molecule has 3 rings (SSSR count). The number of imidazole rings is 1. The molecule has 1 aliphatic rings. The van der Waals surface area contributed by atoms with Crippen LogP contribution in [0.15, 0.2) is 34.9 Å². The van der Waals surface area contributed by atoms with Crippen LogP contribution in [0.1, 0.15) is 18.3 Å². The molecule has 0 amide bonds. The molecule has 110 valence electrons. The Morgan fingerprint density at radius 3 is 2.76 bits per heavy atom. The summed E-state index contributed by atoms with van der Waals surface area (Å²) < 4.78 is 1.03. The molecule has 2 atom stereocenters. The normalized spacial score (nSPS) is 22.7. The number of hydrogen-bond donors (Lipinski definition) is 3. The standard InChI is InChI=1S/C14H17BBrN3O2/c1-15(21)19-8-11(20)6-13(19)14-17-7-12(18-14)9-2-4-10(16)5-3-9/h2-5,7,11,13,20-21H,6,8H2,1H3,(H,17,18)/t11-,13+/m1/s1. The topological polar surface area (TPSA) is 72.4 Å². The molecule has 0 aliphatic carbocycles. The van der Waals surface area contributed by atoms with Gasteiger partial charge in [0.05, 0.1) is 24.0 Å². The number of hydrogen-bond acceptors (Lipinski definition) is 4. The van der Waals surface area contributed by atoms with Gasteiger partial charge in [0.15, 0.2) is 0 Å². The first-order chi connectivity index (χ1) is 10.0. The highest BCUT2D eigenvalue weighted by molar-refractivity contribution is 9.10. The van der Waals surface area contributed by atoms with Crippen molar-refractivity contribution in [2.24, 2.45) is 0 Å². The average Bonchev–Trinajstić information content (AvgIpc) is 3.06. The van der Waals surface area contributed by atoms with Gasteiger partial charge in [-0.1, -0.05) is 28.1 Å². The van der Waals surface area contributed by atoms with Gasteiger partial charge in [-0.2, -0.15) is 0 Å². The van der Waals surface area contributed by atoms with Crippen molar-refractivity contribution >= 4 is 23.0 Å². The fourth-order valence-electron chi connectivity index (χ4n) is 2.80. The third kappa shape index (κ3) is 3.06. The minimum absolute atomic E-state index is 0.0794. The van der Waals surface area contributed by atoms with Crippen molar-refractivity contribution < 1.29 is 10.1 Å². The molecule has 1 aliphatic heterocycles. The van der Waals surface area contributed by atoms with Gasteiger partial charge in [0.25, 0.3) is 0 Å². The van der Waals surface area contributed by atoms with E-state index in [1.807, 2.05) is 29.1 Å². The quantitative estimate of drug-likeness (QED) is 0.741. The molecular weight excluding hydrogens is 333 g/mol. The lowest BCUT2D eigenvalue weighted by Crippen LogP contribution is -2.37. The zero-order chi connectivity index (χ0) is 15.0. The molecule has 1 aromatic carbocycles. The first kappa shape index (κ1) is 14.8. The zero-order valence-corrected chi connectivity index (χ0v) is 13.3. The zero-order valence-electron chi connectivity index (χ0n) is 11.7. The van der Waals surface area contributed by atoms with Crippen molar-refractivity contribution in [3.8, 4) is 11.3 Å². The number of nitrogens with zero attached hydrogens (tertiary/aromatic N) is 2. The summed E-state index contributed by atoms with van der Waals surface area (Å²) in [7, 11) is -0.603. The van der Waals surface area contributed by atoms with E-state index >= 15 is 0 Å². The van der Waals surface area contributed by atoms with Crippen LogP contribution in [0.2, 0.25) is 6.82 Å². The number of aliphatic hydroxyl groups is 1. The van der Waals surface area contributed by atoms with E-state index in [0.717, 1.165) is 21.6 Å². The molecule has 21 heavy (non-hydrogen) atoms. The molecule has 1 aromatic heterocycles. The largest absolute Gasteiger partial charge is 0.437 e. The Morgan fingerprint density at radius 2 is 2.10 bits per heavy atom. The molecule has 2 heterocycles. The van der Waals surface area contributed by atoms with E-state index in [-0.39, 0.29) is 6.04 Å². The summed E-state index contributed by atoms with van der Waals surface area (Å²) in [5.74, 6) is 0.783. The maximum absolute atomic E-state index is 9.83. The number of rotatable bonds is 3. The number of aliphatic hydroxyl groups excluding tert-OH is 1. The van der Waals surface area contributed by atoms with Gasteiger partial charge in [-0.15, -0.1) is 0 Å². The number of β-amino-alcohol motifs (C(OH)–C–C–N with tert-alkyl or cyclic N) is 1. The Labute approximate surface area is 132 Å². The lowest BCUT2D eigenvalue weighted by Gasteiger charge is -2.23. The highest BCUT2D eigenvalue weighted by Gasteiger charge is 2.37. The van der Waals surface area contributed by atoms with Crippen LogP contribution in [0.3, 0.4) is 0 Å². The second-order valence-electron chi connectivity index (χ2n) is 5.42. The fourth-order valence-corrected chi connectivity index (χ4v) is 3.07. The van der Waals surface area contributed by atoms with Crippen LogP contribution in [0.5, 0.6) is 0 Å². The van der Waals surface area contributed by atoms with Gasteiger partial charge in [-0.25, -0.2) is 4.98 Å². The predicted molar refractivity (Wildman–Crippen MR) is 85.6 cm³/mol. The first-order valence-corrected chi connectivity index (χ1v) is 7.76. The van der Waals surface area contributed by atoms with E-state index in [0.29, 0.717) is 13.0 Å². The van der Waals surface area contributed by atoms with Crippen molar-refractivity contribution in [2.75, 3.05) is 6.54 Å². The van der Waals surface area contributed by atoms with Gasteiger partial charge >= 0.3 is 7.05 Å². The van der Waals surface area contributed by atoms with Gasteiger partial charge in [0.1, 0.15) is 5.82 Å². The maximum Gasteiger partial charge on any atom is 0.377 e. The van der Waals surface area contributed by atoms with Crippen LogP contribution < -0.4 is 0 Å². The minimum Gasteiger partial charge on any atom is -0.437 e. The lowest BCUT2D eigenvalue weighted by molar-refractivity contribution is 0.187. The number of aromatic nitrogens is 2. The van der Waals surface area contributed by atoms with Crippen LogP contribution in [0.4, 0.5) is 0 Å². The third-order valence-electron chi connectivity index (χ3n) is 3.86. The predicted octanol–water partition coefficient (Wildman–Crippen LogP) is 2.06. The molecule has 0 unspecified atom stereocenters. The maximum atomic E-state index is 9.83. The number of benzene rings is 1. The van der Waals surface area contributed by atoms with E-state index < -0.39 is 13.2 Å². The summed E-state index contributed by atoms with van der Waals surface area (Å²) in [6.45, 7) is 2.18.